The molecule has 5 nitrogen and oxygen atoms in total. The maximum Gasteiger partial charge on any atom is 0.172 e. The number of nitrogens with one attached hydrogen (secondary N) is 1. The highest BCUT2D eigenvalue weighted by Crippen LogP contribution is 2.40. The first-order valence-electron chi connectivity index (χ1n) is 4.71. The average Bonchev–Trinajstić information content (AvgIpc) is 2.32. The second-order valence-corrected chi connectivity index (χ2v) is 3.64. The Morgan fingerprint density at radius 1 is 1.44 bits per heavy atom. The van der Waals surface area contributed by atoms with Crippen molar-refractivity contribution < 1.29 is 19.5 Å². The lowest BCUT2D eigenvalue weighted by Crippen LogP contribution is -2.19. The van der Waals surface area contributed by atoms with Crippen LogP contribution >= 0.6 is 11.6 Å². The summed E-state index contributed by atoms with van der Waals surface area (Å²) in [6, 6.07) is 1.49. The van der Waals surface area contributed by atoms with Gasteiger partial charge >= 0.3 is 0 Å². The summed E-state index contributed by atoms with van der Waals surface area (Å²) in [7, 11) is 0. The Labute approximate surface area is 96.9 Å². The smallest absolute Gasteiger partial charge is 0.172 e. The van der Waals surface area contributed by atoms with Crippen molar-refractivity contribution in [3.05, 3.63) is 22.2 Å². The van der Waals surface area contributed by atoms with Gasteiger partial charge in [0, 0.05) is 10.6 Å². The maximum atomic E-state index is 10.8. The van der Waals surface area contributed by atoms with Gasteiger partial charge in [-0.25, -0.2) is 5.48 Å². The van der Waals surface area contributed by atoms with Crippen LogP contribution in [0.1, 0.15) is 15.9 Å². The Balaban J connectivity index is 2.57. The zero-order valence-electron chi connectivity index (χ0n) is 8.33. The van der Waals surface area contributed by atoms with Crippen LogP contribution in [0.2, 0.25) is 5.02 Å². The Hall–Kier alpha value is -1.30. The Morgan fingerprint density at radius 2 is 2.12 bits per heavy atom. The quantitative estimate of drug-likeness (QED) is 0.621. The molecule has 0 saturated heterocycles. The zero-order chi connectivity index (χ0) is 11.5. The number of hydrogen-bond donors (Lipinski definition) is 2. The molecule has 6 heteroatoms. The molecule has 0 fully saturated rings. The van der Waals surface area contributed by atoms with Crippen LogP contribution in [-0.4, -0.2) is 24.7 Å². The molecule has 0 atom stereocenters. The van der Waals surface area contributed by atoms with Gasteiger partial charge in [-0.2, -0.15) is 0 Å². The molecular formula is C10H10ClNO4. The van der Waals surface area contributed by atoms with Crippen LogP contribution in [0.4, 0.5) is 0 Å². The first kappa shape index (κ1) is 11.2. The topological polar surface area (TPSA) is 67.8 Å². The van der Waals surface area contributed by atoms with Crippen LogP contribution in [-0.2, 0) is 6.54 Å². The molecule has 0 aromatic heterocycles. The number of hydrogen-bond acceptors (Lipinski definition) is 5. The fourth-order valence-corrected chi connectivity index (χ4v) is 1.86. The molecule has 0 bridgehead atoms. The second-order valence-electron chi connectivity index (χ2n) is 3.23. The summed E-state index contributed by atoms with van der Waals surface area (Å²) in [5.41, 5.74) is 2.93. The highest BCUT2D eigenvalue weighted by Gasteiger charge is 2.22. The van der Waals surface area contributed by atoms with Crippen molar-refractivity contribution in [3.8, 4) is 11.5 Å². The fraction of sp³-hybridized carbons (Fsp3) is 0.300. The summed E-state index contributed by atoms with van der Waals surface area (Å²) in [6.45, 7) is 0.912. The van der Waals surface area contributed by atoms with E-state index in [1.807, 2.05) is 5.48 Å². The molecule has 16 heavy (non-hydrogen) atoms. The molecule has 1 aliphatic heterocycles. The van der Waals surface area contributed by atoms with Gasteiger partial charge in [-0.15, -0.1) is 0 Å². The first-order chi connectivity index (χ1) is 7.77. The second kappa shape index (κ2) is 4.69. The Morgan fingerprint density at radius 3 is 2.75 bits per heavy atom. The SMILES string of the molecule is O=Cc1cc(Cl)c(CNO)c2c1OCCO2. The van der Waals surface area contributed by atoms with Crippen LogP contribution in [0.3, 0.4) is 0 Å². The van der Waals surface area contributed by atoms with Gasteiger partial charge < -0.3 is 14.7 Å². The van der Waals surface area contributed by atoms with E-state index >= 15 is 0 Å². The van der Waals surface area contributed by atoms with E-state index in [1.54, 1.807) is 0 Å². The Bertz CT molecular complexity index is 422. The van der Waals surface area contributed by atoms with Crippen molar-refractivity contribution in [2.24, 2.45) is 0 Å². The predicted molar refractivity (Wildman–Crippen MR) is 56.5 cm³/mol. The molecule has 0 unspecified atom stereocenters. The van der Waals surface area contributed by atoms with Gasteiger partial charge in [0.1, 0.15) is 13.2 Å². The summed E-state index contributed by atoms with van der Waals surface area (Å²) >= 11 is 5.98. The van der Waals surface area contributed by atoms with Crippen LogP contribution < -0.4 is 15.0 Å². The number of halogens is 1. The lowest BCUT2D eigenvalue weighted by molar-refractivity contribution is 0.111. The van der Waals surface area contributed by atoms with E-state index in [0.29, 0.717) is 47.1 Å². The van der Waals surface area contributed by atoms with E-state index in [-0.39, 0.29) is 6.54 Å². The van der Waals surface area contributed by atoms with E-state index in [0.717, 1.165) is 0 Å². The highest BCUT2D eigenvalue weighted by molar-refractivity contribution is 6.32. The van der Waals surface area contributed by atoms with E-state index in [2.05, 4.69) is 0 Å². The number of aldehydes is 1. The molecule has 0 spiro atoms. The summed E-state index contributed by atoms with van der Waals surface area (Å²) < 4.78 is 10.8. The third kappa shape index (κ3) is 1.84. The molecule has 0 saturated carbocycles. The van der Waals surface area contributed by atoms with Gasteiger partial charge in [-0.3, -0.25) is 4.79 Å². The van der Waals surface area contributed by atoms with E-state index < -0.39 is 0 Å². The van der Waals surface area contributed by atoms with Crippen molar-refractivity contribution in [1.29, 1.82) is 0 Å². The number of ether oxygens (including phenoxy) is 2. The minimum atomic E-state index is 0.129. The monoisotopic (exact) mass is 243 g/mol. The standard InChI is InChI=1S/C10H10ClNO4/c11-8-3-6(5-13)9-10(7(8)4-12-14)16-2-1-15-9/h3,5,12,14H,1-2,4H2. The molecular weight excluding hydrogens is 234 g/mol. The molecule has 0 aliphatic carbocycles. The number of rotatable bonds is 3. The summed E-state index contributed by atoms with van der Waals surface area (Å²) in [6.07, 6.45) is 0.662. The van der Waals surface area contributed by atoms with Gasteiger partial charge in [0.05, 0.1) is 12.1 Å². The largest absolute Gasteiger partial charge is 0.486 e. The lowest BCUT2D eigenvalue weighted by Gasteiger charge is -2.23. The zero-order valence-corrected chi connectivity index (χ0v) is 9.08. The van der Waals surface area contributed by atoms with Crippen molar-refractivity contribution in [3.63, 3.8) is 0 Å². The van der Waals surface area contributed by atoms with Crippen molar-refractivity contribution in [2.75, 3.05) is 13.2 Å². The summed E-state index contributed by atoms with van der Waals surface area (Å²) in [5, 5.41) is 9.05. The summed E-state index contributed by atoms with van der Waals surface area (Å²) in [4.78, 5) is 10.8. The van der Waals surface area contributed by atoms with Gasteiger partial charge in [-0.1, -0.05) is 11.6 Å². The third-order valence-electron chi connectivity index (χ3n) is 2.27. The molecule has 0 radical (unpaired) electrons. The van der Waals surface area contributed by atoms with E-state index in [9.17, 15) is 4.79 Å². The van der Waals surface area contributed by atoms with Crippen LogP contribution in [0.15, 0.2) is 6.07 Å². The van der Waals surface area contributed by atoms with Crippen LogP contribution in [0, 0.1) is 0 Å². The normalized spacial score (nSPS) is 13.6. The van der Waals surface area contributed by atoms with Crippen molar-refractivity contribution >= 4 is 17.9 Å². The maximum absolute atomic E-state index is 10.8. The minimum absolute atomic E-state index is 0.129. The molecule has 0 amide bonds. The van der Waals surface area contributed by atoms with Gasteiger partial charge in [0.25, 0.3) is 0 Å². The lowest BCUT2D eigenvalue weighted by atomic mass is 10.1. The molecule has 2 N–H and O–H groups in total. The van der Waals surface area contributed by atoms with Gasteiger partial charge in [0.2, 0.25) is 0 Å². The molecule has 2 rings (SSSR count). The van der Waals surface area contributed by atoms with Gasteiger partial charge in [0.15, 0.2) is 17.8 Å². The predicted octanol–water partition coefficient (Wildman–Crippen LogP) is 1.40. The first-order valence-corrected chi connectivity index (χ1v) is 5.08. The third-order valence-corrected chi connectivity index (χ3v) is 2.61. The fourth-order valence-electron chi connectivity index (χ4n) is 1.59. The number of benzene rings is 1. The van der Waals surface area contributed by atoms with Crippen molar-refractivity contribution in [2.45, 2.75) is 6.54 Å². The van der Waals surface area contributed by atoms with Gasteiger partial charge in [-0.05, 0) is 6.07 Å². The van der Waals surface area contributed by atoms with E-state index in [1.165, 1.54) is 6.07 Å². The van der Waals surface area contributed by atoms with Crippen molar-refractivity contribution in [1.82, 2.24) is 5.48 Å². The number of carbonyl (C=O) groups excluding carboxylic acids is 1. The number of fused-ring (bicyclic) bond motifs is 1. The number of carbonyl (C=O) groups is 1. The minimum Gasteiger partial charge on any atom is -0.486 e. The molecule has 1 heterocycles. The summed E-state index contributed by atoms with van der Waals surface area (Å²) in [5.74, 6) is 0.804. The van der Waals surface area contributed by atoms with Crippen LogP contribution in [0.25, 0.3) is 0 Å². The van der Waals surface area contributed by atoms with Crippen LogP contribution in [0.5, 0.6) is 11.5 Å². The average molecular weight is 244 g/mol. The molecule has 1 aromatic rings. The molecule has 1 aliphatic rings. The van der Waals surface area contributed by atoms with E-state index in [4.69, 9.17) is 26.3 Å². The molecule has 1 aromatic carbocycles. The molecule has 86 valence electrons. The highest BCUT2D eigenvalue weighted by atomic mass is 35.5. The number of hydroxylamine groups is 1. The Kier molecular flexibility index (Phi) is 3.28.